The van der Waals surface area contributed by atoms with Gasteiger partial charge in [-0.1, -0.05) is 20.8 Å². The molecule has 0 atom stereocenters. The van der Waals surface area contributed by atoms with Gasteiger partial charge in [0.05, 0.1) is 0 Å². The Kier molecular flexibility index (Phi) is 3.53. The van der Waals surface area contributed by atoms with Gasteiger partial charge < -0.3 is 10.8 Å². The van der Waals surface area contributed by atoms with Crippen molar-refractivity contribution >= 4 is 11.5 Å². The highest BCUT2D eigenvalue weighted by atomic mass is 16.3. The Balaban J connectivity index is 2.43. The lowest BCUT2D eigenvalue weighted by Crippen LogP contribution is -2.13. The molecule has 0 aliphatic rings. The van der Waals surface area contributed by atoms with Gasteiger partial charge in [-0.25, -0.2) is 0 Å². The molecule has 0 fully saturated rings. The molecule has 0 heterocycles. The van der Waals surface area contributed by atoms with Crippen LogP contribution in [0.15, 0.2) is 42.5 Å². The maximum atomic E-state index is 12.4. The van der Waals surface area contributed by atoms with Gasteiger partial charge in [-0.05, 0) is 53.4 Å². The first kappa shape index (κ1) is 14.1. The van der Waals surface area contributed by atoms with E-state index in [0.29, 0.717) is 16.8 Å². The third kappa shape index (κ3) is 2.82. The fraction of sp³-hybridized carbons (Fsp3) is 0.235. The summed E-state index contributed by atoms with van der Waals surface area (Å²) in [6.07, 6.45) is 0. The number of carbonyl (C=O) groups is 1. The van der Waals surface area contributed by atoms with Gasteiger partial charge in [0, 0.05) is 16.8 Å². The maximum absolute atomic E-state index is 12.4. The molecule has 0 radical (unpaired) electrons. The minimum atomic E-state index is -0.221. The molecule has 104 valence electrons. The predicted octanol–water partition coefficient (Wildman–Crippen LogP) is 3.50. The number of hydrogen-bond donors (Lipinski definition) is 2. The van der Waals surface area contributed by atoms with Gasteiger partial charge >= 0.3 is 0 Å². The summed E-state index contributed by atoms with van der Waals surface area (Å²) in [5, 5.41) is 9.93. The van der Waals surface area contributed by atoms with E-state index >= 15 is 0 Å². The standard InChI is InChI=1S/C17H19NO2/c1-17(2,3)14-10-12(6-9-15(14)19)16(20)11-4-7-13(18)8-5-11/h4-10,19H,18H2,1-3H3. The van der Waals surface area contributed by atoms with Crippen LogP contribution in [0.3, 0.4) is 0 Å². The van der Waals surface area contributed by atoms with Gasteiger partial charge in [-0.15, -0.1) is 0 Å². The molecule has 0 unspecified atom stereocenters. The molecule has 2 rings (SSSR count). The number of phenolic OH excluding ortho intramolecular Hbond substituents is 1. The maximum Gasteiger partial charge on any atom is 0.193 e. The molecule has 0 aliphatic carbocycles. The van der Waals surface area contributed by atoms with Crippen LogP contribution in [0.1, 0.15) is 42.3 Å². The number of ketones is 1. The summed E-state index contributed by atoms with van der Waals surface area (Å²) in [7, 11) is 0. The molecule has 0 aromatic heterocycles. The smallest absolute Gasteiger partial charge is 0.193 e. The van der Waals surface area contributed by atoms with Gasteiger partial charge in [-0.2, -0.15) is 0 Å². The highest BCUT2D eigenvalue weighted by Crippen LogP contribution is 2.31. The fourth-order valence-corrected chi connectivity index (χ4v) is 2.08. The molecule has 0 aliphatic heterocycles. The molecule has 2 aromatic carbocycles. The van der Waals surface area contributed by atoms with Crippen LogP contribution in [0.25, 0.3) is 0 Å². The average Bonchev–Trinajstić information content (AvgIpc) is 2.38. The van der Waals surface area contributed by atoms with E-state index in [1.165, 1.54) is 0 Å². The molecule has 0 amide bonds. The average molecular weight is 269 g/mol. The number of anilines is 1. The van der Waals surface area contributed by atoms with Crippen LogP contribution in [-0.2, 0) is 5.41 Å². The lowest BCUT2D eigenvalue weighted by molar-refractivity contribution is 0.103. The molecule has 3 nitrogen and oxygen atoms in total. The molecule has 3 heteroatoms. The number of carbonyl (C=O) groups excluding carboxylic acids is 1. The SMILES string of the molecule is CC(C)(C)c1cc(C(=O)c2ccc(N)cc2)ccc1O. The van der Waals surface area contributed by atoms with E-state index in [0.717, 1.165) is 5.56 Å². The van der Waals surface area contributed by atoms with Gasteiger partial charge in [-0.3, -0.25) is 4.79 Å². The highest BCUT2D eigenvalue weighted by molar-refractivity contribution is 6.09. The van der Waals surface area contributed by atoms with Crippen molar-refractivity contribution < 1.29 is 9.90 Å². The van der Waals surface area contributed by atoms with Crippen LogP contribution in [-0.4, -0.2) is 10.9 Å². The summed E-state index contributed by atoms with van der Waals surface area (Å²) in [6, 6.07) is 11.8. The lowest BCUT2D eigenvalue weighted by atomic mass is 9.84. The number of phenols is 1. The number of aromatic hydroxyl groups is 1. The molecule has 2 aromatic rings. The largest absolute Gasteiger partial charge is 0.508 e. The highest BCUT2D eigenvalue weighted by Gasteiger charge is 2.20. The summed E-state index contributed by atoms with van der Waals surface area (Å²) < 4.78 is 0. The first-order chi connectivity index (χ1) is 9.29. The van der Waals surface area contributed by atoms with E-state index in [1.54, 1.807) is 42.5 Å². The van der Waals surface area contributed by atoms with Crippen LogP contribution < -0.4 is 5.73 Å². The monoisotopic (exact) mass is 269 g/mol. The van der Waals surface area contributed by atoms with Crippen molar-refractivity contribution in [3.8, 4) is 5.75 Å². The fourth-order valence-electron chi connectivity index (χ4n) is 2.08. The van der Waals surface area contributed by atoms with Crippen molar-refractivity contribution in [3.05, 3.63) is 59.2 Å². The Morgan fingerprint density at radius 2 is 1.55 bits per heavy atom. The van der Waals surface area contributed by atoms with Crippen LogP contribution in [0.2, 0.25) is 0 Å². The second-order valence-corrected chi connectivity index (χ2v) is 5.93. The quantitative estimate of drug-likeness (QED) is 0.648. The van der Waals surface area contributed by atoms with E-state index in [1.807, 2.05) is 20.8 Å². The zero-order valence-corrected chi connectivity index (χ0v) is 12.0. The third-order valence-electron chi connectivity index (χ3n) is 3.24. The summed E-state index contributed by atoms with van der Waals surface area (Å²) in [4.78, 5) is 12.4. The van der Waals surface area contributed by atoms with Crippen LogP contribution >= 0.6 is 0 Å². The van der Waals surface area contributed by atoms with Gasteiger partial charge in [0.15, 0.2) is 5.78 Å². The second-order valence-electron chi connectivity index (χ2n) is 5.93. The van der Waals surface area contributed by atoms with E-state index in [-0.39, 0.29) is 16.9 Å². The van der Waals surface area contributed by atoms with Crippen molar-refractivity contribution in [1.82, 2.24) is 0 Å². The zero-order chi connectivity index (χ0) is 14.9. The Bertz CT molecular complexity index is 637. The van der Waals surface area contributed by atoms with Crippen LogP contribution in [0, 0.1) is 0 Å². The number of hydrogen-bond acceptors (Lipinski definition) is 3. The minimum Gasteiger partial charge on any atom is -0.508 e. The van der Waals surface area contributed by atoms with Crippen molar-refractivity contribution in [3.63, 3.8) is 0 Å². The second kappa shape index (κ2) is 5.00. The van der Waals surface area contributed by atoms with Crippen molar-refractivity contribution in [2.45, 2.75) is 26.2 Å². The Morgan fingerprint density at radius 3 is 2.10 bits per heavy atom. The Morgan fingerprint density at radius 1 is 1.00 bits per heavy atom. The molecular weight excluding hydrogens is 250 g/mol. The molecule has 0 bridgehead atoms. The van der Waals surface area contributed by atoms with Gasteiger partial charge in [0.2, 0.25) is 0 Å². The van der Waals surface area contributed by atoms with Crippen molar-refractivity contribution in [2.24, 2.45) is 0 Å². The summed E-state index contributed by atoms with van der Waals surface area (Å²) in [5.41, 5.74) is 7.95. The normalized spacial score (nSPS) is 11.3. The molecule has 20 heavy (non-hydrogen) atoms. The predicted molar refractivity (Wildman–Crippen MR) is 81.1 cm³/mol. The third-order valence-corrected chi connectivity index (χ3v) is 3.24. The molecule has 0 saturated heterocycles. The summed E-state index contributed by atoms with van der Waals surface area (Å²) >= 11 is 0. The van der Waals surface area contributed by atoms with E-state index in [4.69, 9.17) is 5.73 Å². The van der Waals surface area contributed by atoms with E-state index in [2.05, 4.69) is 0 Å². The molecule has 0 spiro atoms. The molecule has 3 N–H and O–H groups in total. The van der Waals surface area contributed by atoms with Crippen LogP contribution in [0.5, 0.6) is 5.75 Å². The Labute approximate surface area is 119 Å². The number of nitrogen functional groups attached to an aromatic ring is 1. The van der Waals surface area contributed by atoms with Crippen molar-refractivity contribution in [2.75, 3.05) is 5.73 Å². The van der Waals surface area contributed by atoms with Gasteiger partial charge in [0.1, 0.15) is 5.75 Å². The topological polar surface area (TPSA) is 63.3 Å². The number of benzene rings is 2. The number of nitrogens with two attached hydrogens (primary N) is 1. The van der Waals surface area contributed by atoms with Crippen LogP contribution in [0.4, 0.5) is 5.69 Å². The van der Waals surface area contributed by atoms with E-state index < -0.39 is 0 Å². The van der Waals surface area contributed by atoms with Crippen molar-refractivity contribution in [1.29, 1.82) is 0 Å². The molecular formula is C17H19NO2. The summed E-state index contributed by atoms with van der Waals surface area (Å²) in [5.74, 6) is 0.141. The lowest BCUT2D eigenvalue weighted by Gasteiger charge is -2.21. The first-order valence-electron chi connectivity index (χ1n) is 6.53. The van der Waals surface area contributed by atoms with Gasteiger partial charge in [0.25, 0.3) is 0 Å². The number of rotatable bonds is 2. The molecule has 0 saturated carbocycles. The first-order valence-corrected chi connectivity index (χ1v) is 6.53. The minimum absolute atomic E-state index is 0.0736. The summed E-state index contributed by atoms with van der Waals surface area (Å²) in [6.45, 7) is 6.00. The Hall–Kier alpha value is -2.29. The van der Waals surface area contributed by atoms with E-state index in [9.17, 15) is 9.90 Å². The zero-order valence-electron chi connectivity index (χ0n) is 12.0.